The van der Waals surface area contributed by atoms with Gasteiger partial charge in [0.15, 0.2) is 0 Å². The summed E-state index contributed by atoms with van der Waals surface area (Å²) in [5.41, 5.74) is 2.87. The third kappa shape index (κ3) is 5.95. The van der Waals surface area contributed by atoms with E-state index >= 15 is 0 Å². The highest BCUT2D eigenvalue weighted by Crippen LogP contribution is 2.24. The number of H-pyrrole nitrogens is 1. The van der Waals surface area contributed by atoms with Gasteiger partial charge in [-0.1, -0.05) is 23.8 Å². The van der Waals surface area contributed by atoms with Crippen LogP contribution in [0.2, 0.25) is 0 Å². The summed E-state index contributed by atoms with van der Waals surface area (Å²) in [5, 5.41) is 3.90. The molecule has 180 valence electrons. The molecular weight excluding hydrogens is 432 g/mol. The Morgan fingerprint density at radius 1 is 1.18 bits per heavy atom. The zero-order valence-corrected chi connectivity index (χ0v) is 19.8. The van der Waals surface area contributed by atoms with Crippen LogP contribution in [-0.4, -0.2) is 67.3 Å². The second kappa shape index (κ2) is 11.2. The van der Waals surface area contributed by atoms with Gasteiger partial charge in [-0.3, -0.25) is 9.69 Å². The van der Waals surface area contributed by atoms with Gasteiger partial charge in [0.05, 0.1) is 32.6 Å². The molecule has 1 fully saturated rings. The molecule has 1 saturated heterocycles. The van der Waals surface area contributed by atoms with Crippen molar-refractivity contribution in [3.63, 3.8) is 0 Å². The lowest BCUT2D eigenvalue weighted by molar-refractivity contribution is 0.0365. The van der Waals surface area contributed by atoms with Crippen LogP contribution < -0.4 is 15.6 Å². The number of pyridine rings is 1. The molecule has 8 nitrogen and oxygen atoms in total. The largest absolute Gasteiger partial charge is 0.495 e. The number of para-hydroxylation sites is 2. The molecule has 8 heteroatoms. The highest BCUT2D eigenvalue weighted by atomic mass is 16.5. The van der Waals surface area contributed by atoms with Crippen molar-refractivity contribution in [2.75, 3.05) is 51.8 Å². The number of anilines is 1. The van der Waals surface area contributed by atoms with E-state index in [0.717, 1.165) is 55.7 Å². The highest BCUT2D eigenvalue weighted by molar-refractivity contribution is 5.91. The van der Waals surface area contributed by atoms with Crippen LogP contribution in [0.5, 0.6) is 5.75 Å². The van der Waals surface area contributed by atoms with Crippen molar-refractivity contribution >= 4 is 22.6 Å². The van der Waals surface area contributed by atoms with Crippen LogP contribution in [0, 0.1) is 6.92 Å². The molecule has 0 unspecified atom stereocenters. The van der Waals surface area contributed by atoms with E-state index in [-0.39, 0.29) is 18.1 Å². The summed E-state index contributed by atoms with van der Waals surface area (Å²) in [5.74, 6) is 0.586. The average Bonchev–Trinajstić information content (AvgIpc) is 2.85. The van der Waals surface area contributed by atoms with Gasteiger partial charge in [-0.25, -0.2) is 4.79 Å². The molecule has 0 saturated carbocycles. The van der Waals surface area contributed by atoms with Crippen molar-refractivity contribution in [2.45, 2.75) is 19.9 Å². The molecule has 0 atom stereocenters. The summed E-state index contributed by atoms with van der Waals surface area (Å²) >= 11 is 0. The third-order valence-corrected chi connectivity index (χ3v) is 6.08. The standard InChI is InChI=1S/C26H32N4O4/c1-19-8-9-22-20(16-19)17-21(25(31)27-22)18-30(11-5-10-29-12-14-34-15-13-29)26(32)28-23-6-3-4-7-24(23)33-2/h3-4,6-9,16-17H,5,10-15,18H2,1-2H3,(H,27,31)(H,28,32). The molecular formula is C26H32N4O4. The molecule has 0 radical (unpaired) electrons. The number of carbonyl (C=O) groups excluding carboxylic acids is 1. The number of methoxy groups -OCH3 is 1. The maximum atomic E-state index is 13.3. The van der Waals surface area contributed by atoms with Crippen LogP contribution in [0.3, 0.4) is 0 Å². The number of fused-ring (bicyclic) bond motifs is 1. The Morgan fingerprint density at radius 3 is 2.76 bits per heavy atom. The monoisotopic (exact) mass is 464 g/mol. The molecule has 2 heterocycles. The molecule has 1 aliphatic rings. The van der Waals surface area contributed by atoms with E-state index in [1.165, 1.54) is 0 Å². The highest BCUT2D eigenvalue weighted by Gasteiger charge is 2.19. The van der Waals surface area contributed by atoms with Crippen LogP contribution >= 0.6 is 0 Å². The maximum Gasteiger partial charge on any atom is 0.322 e. The minimum Gasteiger partial charge on any atom is -0.495 e. The number of carbonyl (C=O) groups is 1. The van der Waals surface area contributed by atoms with E-state index in [0.29, 0.717) is 23.5 Å². The number of urea groups is 1. The number of rotatable bonds is 8. The van der Waals surface area contributed by atoms with E-state index < -0.39 is 0 Å². The molecule has 34 heavy (non-hydrogen) atoms. The van der Waals surface area contributed by atoms with E-state index in [1.807, 2.05) is 43.3 Å². The average molecular weight is 465 g/mol. The SMILES string of the molecule is COc1ccccc1NC(=O)N(CCCN1CCOCC1)Cc1cc2cc(C)ccc2[nH]c1=O. The number of hydrogen-bond donors (Lipinski definition) is 2. The quantitative estimate of drug-likeness (QED) is 0.532. The number of ether oxygens (including phenoxy) is 2. The summed E-state index contributed by atoms with van der Waals surface area (Å²) in [6, 6.07) is 14.8. The zero-order valence-electron chi connectivity index (χ0n) is 19.8. The number of nitrogens with one attached hydrogen (secondary N) is 2. The van der Waals surface area contributed by atoms with Crippen molar-refractivity contribution in [2.24, 2.45) is 0 Å². The maximum absolute atomic E-state index is 13.3. The minimum absolute atomic E-state index is 0.181. The van der Waals surface area contributed by atoms with Gasteiger partial charge in [0.2, 0.25) is 0 Å². The van der Waals surface area contributed by atoms with Gasteiger partial charge in [0.1, 0.15) is 5.75 Å². The number of aromatic nitrogens is 1. The first-order valence-corrected chi connectivity index (χ1v) is 11.6. The lowest BCUT2D eigenvalue weighted by Crippen LogP contribution is -2.40. The van der Waals surface area contributed by atoms with Crippen LogP contribution in [0.15, 0.2) is 53.3 Å². The van der Waals surface area contributed by atoms with Crippen molar-refractivity contribution in [3.8, 4) is 5.75 Å². The predicted molar refractivity (Wildman–Crippen MR) is 134 cm³/mol. The third-order valence-electron chi connectivity index (χ3n) is 6.08. The molecule has 0 aliphatic carbocycles. The first-order chi connectivity index (χ1) is 16.5. The Labute approximate surface area is 199 Å². The fourth-order valence-electron chi connectivity index (χ4n) is 4.20. The second-order valence-corrected chi connectivity index (χ2v) is 8.57. The predicted octanol–water partition coefficient (Wildman–Crippen LogP) is 3.60. The van der Waals surface area contributed by atoms with Crippen LogP contribution in [0.25, 0.3) is 10.9 Å². The summed E-state index contributed by atoms with van der Waals surface area (Å²) in [7, 11) is 1.57. The molecule has 4 rings (SSSR count). The number of amides is 2. The number of aryl methyl sites for hydroxylation is 1. The van der Waals surface area contributed by atoms with E-state index in [1.54, 1.807) is 24.1 Å². The van der Waals surface area contributed by atoms with Gasteiger partial charge in [0.25, 0.3) is 5.56 Å². The Kier molecular flexibility index (Phi) is 7.82. The Hall–Kier alpha value is -3.36. The van der Waals surface area contributed by atoms with Crippen molar-refractivity contribution in [3.05, 3.63) is 70.0 Å². The summed E-state index contributed by atoms with van der Waals surface area (Å²) in [6.45, 7) is 6.90. The number of hydrogen-bond acceptors (Lipinski definition) is 5. The van der Waals surface area contributed by atoms with Gasteiger partial charge in [-0.2, -0.15) is 0 Å². The fraction of sp³-hybridized carbons (Fsp3) is 0.385. The lowest BCUT2D eigenvalue weighted by Gasteiger charge is -2.28. The van der Waals surface area contributed by atoms with Crippen LogP contribution in [0.4, 0.5) is 10.5 Å². The molecule has 2 aromatic carbocycles. The molecule has 2 N–H and O–H groups in total. The van der Waals surface area contributed by atoms with Crippen molar-refractivity contribution < 1.29 is 14.3 Å². The van der Waals surface area contributed by atoms with E-state index in [4.69, 9.17) is 9.47 Å². The van der Waals surface area contributed by atoms with Gasteiger partial charge < -0.3 is 24.7 Å². The van der Waals surface area contributed by atoms with Gasteiger partial charge in [-0.15, -0.1) is 0 Å². The van der Waals surface area contributed by atoms with Gasteiger partial charge in [-0.05, 0) is 49.1 Å². The second-order valence-electron chi connectivity index (χ2n) is 8.57. The lowest BCUT2D eigenvalue weighted by atomic mass is 10.1. The topological polar surface area (TPSA) is 86.9 Å². The summed E-state index contributed by atoms with van der Waals surface area (Å²) in [6.07, 6.45) is 0.796. The fourth-order valence-corrected chi connectivity index (χ4v) is 4.20. The molecule has 3 aromatic rings. The van der Waals surface area contributed by atoms with Gasteiger partial charge in [0, 0.05) is 37.3 Å². The van der Waals surface area contributed by atoms with E-state index in [2.05, 4.69) is 15.2 Å². The number of aromatic amines is 1. The normalized spacial score (nSPS) is 14.2. The Bertz CT molecular complexity index is 1190. The number of nitrogens with zero attached hydrogens (tertiary/aromatic N) is 2. The van der Waals surface area contributed by atoms with E-state index in [9.17, 15) is 9.59 Å². The summed E-state index contributed by atoms with van der Waals surface area (Å²) < 4.78 is 10.8. The van der Waals surface area contributed by atoms with Gasteiger partial charge >= 0.3 is 6.03 Å². The Morgan fingerprint density at radius 2 is 1.97 bits per heavy atom. The van der Waals surface area contributed by atoms with Crippen molar-refractivity contribution in [1.29, 1.82) is 0 Å². The Balaban J connectivity index is 1.53. The first-order valence-electron chi connectivity index (χ1n) is 11.6. The summed E-state index contributed by atoms with van der Waals surface area (Å²) in [4.78, 5) is 33.1. The van der Waals surface area contributed by atoms with Crippen LogP contribution in [-0.2, 0) is 11.3 Å². The molecule has 2 amide bonds. The minimum atomic E-state index is -0.268. The zero-order chi connectivity index (χ0) is 23.9. The van der Waals surface area contributed by atoms with Crippen LogP contribution in [0.1, 0.15) is 17.5 Å². The smallest absolute Gasteiger partial charge is 0.322 e. The molecule has 0 spiro atoms. The van der Waals surface area contributed by atoms with Crippen molar-refractivity contribution in [1.82, 2.24) is 14.8 Å². The molecule has 0 bridgehead atoms. The first kappa shape index (κ1) is 23.8. The molecule has 1 aliphatic heterocycles. The number of morpholine rings is 1. The molecule has 1 aromatic heterocycles. The number of benzene rings is 2.